The molecule has 0 spiro atoms. The zero-order chi connectivity index (χ0) is 22.2. The van der Waals surface area contributed by atoms with E-state index in [1.165, 1.54) is 12.8 Å². The molecule has 3 rings (SSSR count). The van der Waals surface area contributed by atoms with Crippen LogP contribution in [0.2, 0.25) is 0 Å². The minimum Gasteiger partial charge on any atom is -0.444 e. The van der Waals surface area contributed by atoms with Crippen LogP contribution in [0.3, 0.4) is 0 Å². The summed E-state index contributed by atoms with van der Waals surface area (Å²) < 4.78 is 43.7. The average molecular weight is 435 g/mol. The van der Waals surface area contributed by atoms with Crippen LogP contribution in [0.1, 0.15) is 46.5 Å². The molecule has 0 unspecified atom stereocenters. The number of carbonyl (C=O) groups is 2. The number of rotatable bonds is 4. The van der Waals surface area contributed by atoms with Gasteiger partial charge in [-0.15, -0.1) is 0 Å². The highest BCUT2D eigenvalue weighted by atomic mass is 19.4. The van der Waals surface area contributed by atoms with E-state index in [-0.39, 0.29) is 6.54 Å². The van der Waals surface area contributed by atoms with Gasteiger partial charge in [0.1, 0.15) is 5.60 Å². The highest BCUT2D eigenvalue weighted by molar-refractivity contribution is 5.81. The molecule has 2 heterocycles. The van der Waals surface area contributed by atoms with E-state index in [1.807, 2.05) is 0 Å². The lowest BCUT2D eigenvalue weighted by molar-refractivity contribution is -0.174. The van der Waals surface area contributed by atoms with Gasteiger partial charge in [0.25, 0.3) is 0 Å². The zero-order valence-corrected chi connectivity index (χ0v) is 18.1. The van der Waals surface area contributed by atoms with Gasteiger partial charge in [0.2, 0.25) is 0 Å². The van der Waals surface area contributed by atoms with E-state index < -0.39 is 29.3 Å². The van der Waals surface area contributed by atoms with Crippen LogP contribution in [-0.2, 0) is 9.53 Å². The monoisotopic (exact) mass is 434 g/mol. The van der Waals surface area contributed by atoms with Gasteiger partial charge in [0.05, 0.1) is 0 Å². The summed E-state index contributed by atoms with van der Waals surface area (Å²) in [6.07, 6.45) is -1.88. The predicted molar refractivity (Wildman–Crippen MR) is 105 cm³/mol. The highest BCUT2D eigenvalue weighted by Crippen LogP contribution is 2.33. The maximum Gasteiger partial charge on any atom is 0.471 e. The first-order chi connectivity index (χ1) is 13.9. The van der Waals surface area contributed by atoms with Crippen LogP contribution >= 0.6 is 0 Å². The third kappa shape index (κ3) is 5.78. The predicted octanol–water partition coefficient (Wildman–Crippen LogP) is 2.21. The average Bonchev–Trinajstić information content (AvgIpc) is 3.50. The van der Waals surface area contributed by atoms with Gasteiger partial charge in [-0.05, 0) is 46.5 Å². The van der Waals surface area contributed by atoms with Gasteiger partial charge in [-0.3, -0.25) is 14.6 Å². The highest BCUT2D eigenvalue weighted by Gasteiger charge is 2.46. The lowest BCUT2D eigenvalue weighted by atomic mass is 9.84. The van der Waals surface area contributed by atoms with Crippen LogP contribution in [0.5, 0.6) is 0 Å². The standard InChI is InChI=1S/C20H33F3N4O3/c1-18(2,3)30-17(29)26-8-6-19(7-9-26,14-24-16(28)20(21,22)23)27-12-10-25(11-13-27)15-4-5-15/h15H,4-14H2,1-3H3,(H,24,28). The summed E-state index contributed by atoms with van der Waals surface area (Å²) >= 11 is 0. The molecule has 3 fully saturated rings. The Morgan fingerprint density at radius 2 is 1.57 bits per heavy atom. The molecule has 0 aromatic carbocycles. The molecule has 0 aromatic rings. The minimum atomic E-state index is -4.90. The summed E-state index contributed by atoms with van der Waals surface area (Å²) in [6.45, 7) is 9.37. The summed E-state index contributed by atoms with van der Waals surface area (Å²) in [4.78, 5) is 30.1. The Morgan fingerprint density at radius 1 is 1.00 bits per heavy atom. The Hall–Kier alpha value is -1.55. The van der Waals surface area contributed by atoms with Crippen molar-refractivity contribution < 1.29 is 27.5 Å². The molecule has 2 saturated heterocycles. The van der Waals surface area contributed by atoms with Crippen molar-refractivity contribution in [2.45, 2.75) is 69.8 Å². The van der Waals surface area contributed by atoms with E-state index in [2.05, 4.69) is 15.1 Å². The summed E-state index contributed by atoms with van der Waals surface area (Å²) in [5, 5.41) is 2.11. The van der Waals surface area contributed by atoms with E-state index in [1.54, 1.807) is 25.7 Å². The maximum atomic E-state index is 12.7. The molecule has 172 valence electrons. The maximum absolute atomic E-state index is 12.7. The van der Waals surface area contributed by atoms with Crippen LogP contribution in [0, 0.1) is 0 Å². The number of likely N-dealkylation sites (tertiary alicyclic amines) is 1. The van der Waals surface area contributed by atoms with Gasteiger partial charge in [-0.2, -0.15) is 13.2 Å². The summed E-state index contributed by atoms with van der Waals surface area (Å²) in [5.41, 5.74) is -1.19. The third-order valence-corrected chi connectivity index (χ3v) is 6.23. The number of piperidine rings is 1. The number of nitrogens with one attached hydrogen (secondary N) is 1. The molecule has 0 bridgehead atoms. The van der Waals surface area contributed by atoms with Crippen LogP contribution in [0.4, 0.5) is 18.0 Å². The van der Waals surface area contributed by atoms with E-state index in [4.69, 9.17) is 4.74 Å². The van der Waals surface area contributed by atoms with Crippen molar-refractivity contribution in [2.24, 2.45) is 0 Å². The number of hydrogen-bond donors (Lipinski definition) is 1. The second kappa shape index (κ2) is 8.53. The van der Waals surface area contributed by atoms with Crippen LogP contribution in [-0.4, -0.2) is 95.9 Å². The Morgan fingerprint density at radius 3 is 2.03 bits per heavy atom. The van der Waals surface area contributed by atoms with E-state index in [0.717, 1.165) is 26.2 Å². The number of alkyl halides is 3. The molecule has 3 aliphatic rings. The number of halogens is 3. The molecule has 1 aliphatic carbocycles. The lowest BCUT2D eigenvalue weighted by Gasteiger charge is -2.51. The topological polar surface area (TPSA) is 65.1 Å². The Balaban J connectivity index is 1.64. The fourth-order valence-electron chi connectivity index (χ4n) is 4.38. The first kappa shape index (κ1) is 23.1. The third-order valence-electron chi connectivity index (χ3n) is 6.23. The van der Waals surface area contributed by atoms with Crippen molar-refractivity contribution in [1.29, 1.82) is 0 Å². The molecular weight excluding hydrogens is 401 g/mol. The quantitative estimate of drug-likeness (QED) is 0.735. The zero-order valence-electron chi connectivity index (χ0n) is 18.1. The molecule has 2 amide bonds. The fraction of sp³-hybridized carbons (Fsp3) is 0.900. The number of amides is 2. The Labute approximate surface area is 175 Å². The molecule has 0 aromatic heterocycles. The van der Waals surface area contributed by atoms with Crippen LogP contribution < -0.4 is 5.32 Å². The van der Waals surface area contributed by atoms with Gasteiger partial charge < -0.3 is 15.0 Å². The second-order valence-electron chi connectivity index (χ2n) is 9.63. The minimum absolute atomic E-state index is 0.0725. The van der Waals surface area contributed by atoms with Crippen molar-refractivity contribution in [2.75, 3.05) is 45.8 Å². The van der Waals surface area contributed by atoms with E-state index in [0.29, 0.717) is 32.0 Å². The number of carbonyl (C=O) groups excluding carboxylic acids is 2. The second-order valence-corrected chi connectivity index (χ2v) is 9.63. The number of hydrogen-bond acceptors (Lipinski definition) is 5. The SMILES string of the molecule is CC(C)(C)OC(=O)N1CCC(CNC(=O)C(F)(F)F)(N2CCN(C3CC3)CC2)CC1. The first-order valence-corrected chi connectivity index (χ1v) is 10.7. The van der Waals surface area contributed by atoms with Crippen molar-refractivity contribution in [3.05, 3.63) is 0 Å². The molecule has 1 saturated carbocycles. The fourth-order valence-corrected chi connectivity index (χ4v) is 4.38. The normalized spacial score (nSPS) is 23.9. The molecule has 2 aliphatic heterocycles. The molecule has 7 nitrogen and oxygen atoms in total. The van der Waals surface area contributed by atoms with Crippen LogP contribution in [0.15, 0.2) is 0 Å². The van der Waals surface area contributed by atoms with Crippen molar-refractivity contribution >= 4 is 12.0 Å². The van der Waals surface area contributed by atoms with Gasteiger partial charge in [-0.1, -0.05) is 0 Å². The van der Waals surface area contributed by atoms with Crippen molar-refractivity contribution in [3.63, 3.8) is 0 Å². The summed E-state index contributed by atoms with van der Waals surface area (Å²) in [6, 6.07) is 0.655. The molecule has 10 heteroatoms. The van der Waals surface area contributed by atoms with Gasteiger partial charge in [0.15, 0.2) is 0 Å². The summed E-state index contributed by atoms with van der Waals surface area (Å²) in [5.74, 6) is -1.91. The van der Waals surface area contributed by atoms with Gasteiger partial charge in [0, 0.05) is 57.4 Å². The molecular formula is C20H33F3N4O3. The largest absolute Gasteiger partial charge is 0.471 e. The smallest absolute Gasteiger partial charge is 0.444 e. The number of nitrogens with zero attached hydrogens (tertiary/aromatic N) is 3. The Kier molecular flexibility index (Phi) is 6.57. The van der Waals surface area contributed by atoms with Gasteiger partial charge >= 0.3 is 18.2 Å². The number of piperazine rings is 1. The molecule has 0 radical (unpaired) electrons. The lowest BCUT2D eigenvalue weighted by Crippen LogP contribution is -2.65. The molecule has 0 atom stereocenters. The molecule has 30 heavy (non-hydrogen) atoms. The van der Waals surface area contributed by atoms with Crippen LogP contribution in [0.25, 0.3) is 0 Å². The number of ether oxygens (including phenoxy) is 1. The molecule has 1 N–H and O–H groups in total. The summed E-state index contributed by atoms with van der Waals surface area (Å²) in [7, 11) is 0. The van der Waals surface area contributed by atoms with E-state index in [9.17, 15) is 22.8 Å². The van der Waals surface area contributed by atoms with Crippen molar-refractivity contribution in [1.82, 2.24) is 20.0 Å². The van der Waals surface area contributed by atoms with Crippen molar-refractivity contribution in [3.8, 4) is 0 Å². The first-order valence-electron chi connectivity index (χ1n) is 10.7. The van der Waals surface area contributed by atoms with Gasteiger partial charge in [-0.25, -0.2) is 4.79 Å². The Bertz CT molecular complexity index is 630. The van der Waals surface area contributed by atoms with E-state index >= 15 is 0 Å².